The molecule has 72 valence electrons. The lowest BCUT2D eigenvalue weighted by Gasteiger charge is -2.24. The van der Waals surface area contributed by atoms with Crippen LogP contribution < -0.4 is 10.8 Å². The smallest absolute Gasteiger partial charge is 0.113 e. The van der Waals surface area contributed by atoms with Crippen LogP contribution in [0.15, 0.2) is 24.3 Å². The van der Waals surface area contributed by atoms with Crippen molar-refractivity contribution in [1.82, 2.24) is 0 Å². The zero-order valence-corrected chi connectivity index (χ0v) is 8.50. The predicted octanol–water partition coefficient (Wildman–Crippen LogP) is 2.22. The average molecular weight is 185 g/mol. The fraction of sp³-hybridized carbons (Fsp3) is 0.500. The zero-order valence-electron chi connectivity index (χ0n) is 8.50. The topological polar surface area (TPSA) is 12.0 Å². The molecule has 0 bridgehead atoms. The molecule has 0 atom stereocenters. The Morgan fingerprint density at radius 3 is 2.64 bits per heavy atom. The van der Waals surface area contributed by atoms with E-state index in [-0.39, 0.29) is 0 Å². The molecule has 1 aliphatic carbocycles. The van der Waals surface area contributed by atoms with Crippen molar-refractivity contribution in [2.45, 2.75) is 38.1 Å². The van der Waals surface area contributed by atoms with E-state index in [2.05, 4.69) is 11.4 Å². The Morgan fingerprint density at radius 1 is 1.14 bits per heavy atom. The molecule has 1 N–H and O–H groups in total. The standard InChI is InChI=1S/C12H16BN/c13-10-5-4-8-12(9-10)14-11-6-2-1-3-7-11/h4-5,8-9,11,14H,1-3,6-7H2. The van der Waals surface area contributed by atoms with Gasteiger partial charge < -0.3 is 5.32 Å². The van der Waals surface area contributed by atoms with E-state index in [0.29, 0.717) is 6.04 Å². The Morgan fingerprint density at radius 2 is 1.93 bits per heavy atom. The van der Waals surface area contributed by atoms with E-state index in [1.807, 2.05) is 18.2 Å². The van der Waals surface area contributed by atoms with E-state index < -0.39 is 0 Å². The third-order valence-electron chi connectivity index (χ3n) is 2.86. The normalized spacial score (nSPS) is 18.0. The molecular weight excluding hydrogens is 169 g/mol. The first-order chi connectivity index (χ1) is 6.84. The van der Waals surface area contributed by atoms with Crippen LogP contribution in [0.25, 0.3) is 0 Å². The first-order valence-corrected chi connectivity index (χ1v) is 5.47. The van der Waals surface area contributed by atoms with Crippen molar-refractivity contribution in [3.8, 4) is 0 Å². The Balaban J connectivity index is 1.95. The van der Waals surface area contributed by atoms with Gasteiger partial charge in [0.05, 0.1) is 0 Å². The van der Waals surface area contributed by atoms with Crippen molar-refractivity contribution in [3.63, 3.8) is 0 Å². The molecule has 0 aromatic heterocycles. The molecule has 2 radical (unpaired) electrons. The van der Waals surface area contributed by atoms with Crippen LogP contribution in [0, 0.1) is 0 Å². The summed E-state index contributed by atoms with van der Waals surface area (Å²) < 4.78 is 0. The fourth-order valence-electron chi connectivity index (χ4n) is 2.11. The van der Waals surface area contributed by atoms with Crippen LogP contribution in [0.4, 0.5) is 5.69 Å². The second-order valence-electron chi connectivity index (χ2n) is 4.10. The molecule has 0 saturated heterocycles. The molecule has 1 aliphatic rings. The largest absolute Gasteiger partial charge is 0.382 e. The molecular formula is C12H16BN. The Labute approximate surface area is 87.3 Å². The van der Waals surface area contributed by atoms with E-state index in [1.165, 1.54) is 32.1 Å². The van der Waals surface area contributed by atoms with Crippen molar-refractivity contribution in [1.29, 1.82) is 0 Å². The van der Waals surface area contributed by atoms with Crippen molar-refractivity contribution in [3.05, 3.63) is 24.3 Å². The lowest BCUT2D eigenvalue weighted by Crippen LogP contribution is -2.22. The second kappa shape index (κ2) is 4.54. The van der Waals surface area contributed by atoms with Gasteiger partial charge in [0.1, 0.15) is 7.85 Å². The molecule has 2 rings (SSSR count). The summed E-state index contributed by atoms with van der Waals surface area (Å²) >= 11 is 0. The first-order valence-electron chi connectivity index (χ1n) is 5.47. The zero-order chi connectivity index (χ0) is 9.80. The van der Waals surface area contributed by atoms with Crippen molar-refractivity contribution < 1.29 is 0 Å². The second-order valence-corrected chi connectivity index (χ2v) is 4.10. The average Bonchev–Trinajstić information content (AvgIpc) is 2.19. The summed E-state index contributed by atoms with van der Waals surface area (Å²) in [5, 5.41) is 3.54. The lowest BCUT2D eigenvalue weighted by atomic mass is 9.93. The number of hydrogen-bond acceptors (Lipinski definition) is 1. The molecule has 0 unspecified atom stereocenters. The highest BCUT2D eigenvalue weighted by Gasteiger charge is 2.12. The van der Waals surface area contributed by atoms with Gasteiger partial charge in [0.25, 0.3) is 0 Å². The van der Waals surface area contributed by atoms with Gasteiger partial charge in [-0.2, -0.15) is 0 Å². The monoisotopic (exact) mass is 185 g/mol. The maximum Gasteiger partial charge on any atom is 0.113 e. The fourth-order valence-corrected chi connectivity index (χ4v) is 2.11. The van der Waals surface area contributed by atoms with E-state index >= 15 is 0 Å². The molecule has 1 fully saturated rings. The van der Waals surface area contributed by atoms with Crippen LogP contribution in [0.5, 0.6) is 0 Å². The van der Waals surface area contributed by atoms with Crippen LogP contribution in [-0.2, 0) is 0 Å². The van der Waals surface area contributed by atoms with Gasteiger partial charge in [-0.25, -0.2) is 0 Å². The van der Waals surface area contributed by atoms with Crippen LogP contribution in [-0.4, -0.2) is 13.9 Å². The SMILES string of the molecule is [B]c1cccc(NC2CCCCC2)c1. The summed E-state index contributed by atoms with van der Waals surface area (Å²) in [6.45, 7) is 0. The summed E-state index contributed by atoms with van der Waals surface area (Å²) in [6.07, 6.45) is 6.72. The number of anilines is 1. The molecule has 0 heterocycles. The van der Waals surface area contributed by atoms with E-state index in [0.717, 1.165) is 11.2 Å². The van der Waals surface area contributed by atoms with Gasteiger partial charge in [0.2, 0.25) is 0 Å². The van der Waals surface area contributed by atoms with Gasteiger partial charge in [-0.15, -0.1) is 0 Å². The third-order valence-corrected chi connectivity index (χ3v) is 2.86. The van der Waals surface area contributed by atoms with Crippen molar-refractivity contribution in [2.24, 2.45) is 0 Å². The highest BCUT2D eigenvalue weighted by molar-refractivity contribution is 6.32. The maximum atomic E-state index is 5.72. The summed E-state index contributed by atoms with van der Waals surface area (Å²) in [5.41, 5.74) is 2.00. The Bertz CT molecular complexity index is 292. The Kier molecular flexibility index (Phi) is 3.12. The molecule has 2 heteroatoms. The van der Waals surface area contributed by atoms with E-state index in [1.54, 1.807) is 0 Å². The van der Waals surface area contributed by atoms with Crippen LogP contribution >= 0.6 is 0 Å². The minimum absolute atomic E-state index is 0.658. The molecule has 1 saturated carbocycles. The molecule has 0 spiro atoms. The molecule has 0 amide bonds. The van der Waals surface area contributed by atoms with Gasteiger partial charge in [0.15, 0.2) is 0 Å². The molecule has 1 aromatic carbocycles. The first kappa shape index (κ1) is 9.63. The minimum atomic E-state index is 0.658. The highest BCUT2D eigenvalue weighted by atomic mass is 14.9. The predicted molar refractivity (Wildman–Crippen MR) is 62.3 cm³/mol. The van der Waals surface area contributed by atoms with Gasteiger partial charge in [0, 0.05) is 11.7 Å². The summed E-state index contributed by atoms with van der Waals surface area (Å²) in [4.78, 5) is 0. The maximum absolute atomic E-state index is 5.72. The highest BCUT2D eigenvalue weighted by Crippen LogP contribution is 2.20. The number of hydrogen-bond donors (Lipinski definition) is 1. The van der Waals surface area contributed by atoms with Gasteiger partial charge in [-0.1, -0.05) is 36.9 Å². The quantitative estimate of drug-likeness (QED) is 0.696. The molecule has 1 aromatic rings. The molecule has 14 heavy (non-hydrogen) atoms. The van der Waals surface area contributed by atoms with Crippen molar-refractivity contribution in [2.75, 3.05) is 5.32 Å². The summed E-state index contributed by atoms with van der Waals surface area (Å²) in [5.74, 6) is 0. The van der Waals surface area contributed by atoms with E-state index in [4.69, 9.17) is 7.85 Å². The van der Waals surface area contributed by atoms with Gasteiger partial charge in [-0.3, -0.25) is 0 Å². The van der Waals surface area contributed by atoms with Gasteiger partial charge in [-0.05, 0) is 25.0 Å². The summed E-state index contributed by atoms with van der Waals surface area (Å²) in [7, 11) is 5.72. The van der Waals surface area contributed by atoms with Crippen LogP contribution in [0.3, 0.4) is 0 Å². The summed E-state index contributed by atoms with van der Waals surface area (Å²) in [6, 6.07) is 8.68. The lowest BCUT2D eigenvalue weighted by molar-refractivity contribution is 0.463. The minimum Gasteiger partial charge on any atom is -0.382 e. The van der Waals surface area contributed by atoms with Crippen molar-refractivity contribution >= 4 is 19.0 Å². The van der Waals surface area contributed by atoms with E-state index in [9.17, 15) is 0 Å². The van der Waals surface area contributed by atoms with Crippen LogP contribution in [0.1, 0.15) is 32.1 Å². The van der Waals surface area contributed by atoms with Crippen LogP contribution in [0.2, 0.25) is 0 Å². The van der Waals surface area contributed by atoms with Gasteiger partial charge >= 0.3 is 0 Å². The Hall–Kier alpha value is -0.915. The number of rotatable bonds is 2. The molecule has 1 nitrogen and oxygen atoms in total. The number of nitrogens with one attached hydrogen (secondary N) is 1. The third kappa shape index (κ3) is 2.54. The number of benzene rings is 1. The molecule has 0 aliphatic heterocycles.